The standard InChI is InChI=1S/C22H18IN5O3S/c1-28-14-25-27-22(28)32(30,31)13-15-5-7-16(8-6-15)21(29)26-17-9-10-19(23)18(12-17)20-4-2-3-11-24-20/h2-12,14H,13H2,1H3,(H,26,29). The van der Waals surface area contributed by atoms with Gasteiger partial charge in [0.2, 0.25) is 15.0 Å². The van der Waals surface area contributed by atoms with E-state index >= 15 is 0 Å². The number of carbonyl (C=O) groups is 1. The van der Waals surface area contributed by atoms with Gasteiger partial charge in [0.25, 0.3) is 5.91 Å². The van der Waals surface area contributed by atoms with E-state index in [-0.39, 0.29) is 16.8 Å². The van der Waals surface area contributed by atoms with E-state index in [4.69, 9.17) is 0 Å². The van der Waals surface area contributed by atoms with Crippen LogP contribution >= 0.6 is 22.6 Å². The van der Waals surface area contributed by atoms with Crippen LogP contribution in [0.3, 0.4) is 0 Å². The van der Waals surface area contributed by atoms with Crippen molar-refractivity contribution in [1.82, 2.24) is 19.7 Å². The van der Waals surface area contributed by atoms with Crippen LogP contribution in [0.5, 0.6) is 0 Å². The fourth-order valence-corrected chi connectivity index (χ4v) is 5.14. The highest BCUT2D eigenvalue weighted by atomic mass is 127. The number of rotatable bonds is 6. The van der Waals surface area contributed by atoms with Gasteiger partial charge in [-0.25, -0.2) is 8.42 Å². The Morgan fingerprint density at radius 1 is 1.09 bits per heavy atom. The molecule has 162 valence electrons. The number of hydrogen-bond donors (Lipinski definition) is 1. The van der Waals surface area contributed by atoms with E-state index in [1.807, 2.05) is 36.4 Å². The highest BCUT2D eigenvalue weighted by Gasteiger charge is 2.21. The second kappa shape index (κ2) is 9.17. The number of nitrogens with one attached hydrogen (secondary N) is 1. The molecule has 0 radical (unpaired) electrons. The van der Waals surface area contributed by atoms with E-state index in [1.165, 1.54) is 10.9 Å². The summed E-state index contributed by atoms with van der Waals surface area (Å²) in [6.45, 7) is 0. The number of anilines is 1. The highest BCUT2D eigenvalue weighted by molar-refractivity contribution is 14.1. The molecule has 0 spiro atoms. The van der Waals surface area contributed by atoms with Gasteiger partial charge in [0, 0.05) is 33.6 Å². The first-order valence-corrected chi connectivity index (χ1v) is 12.2. The van der Waals surface area contributed by atoms with Gasteiger partial charge in [-0.3, -0.25) is 9.78 Å². The quantitative estimate of drug-likeness (QED) is 0.361. The second-order valence-electron chi connectivity index (χ2n) is 7.04. The third-order valence-electron chi connectivity index (χ3n) is 4.69. The first kappa shape index (κ1) is 22.1. The van der Waals surface area contributed by atoms with E-state index in [0.717, 1.165) is 14.8 Å². The molecule has 0 aliphatic carbocycles. The number of pyridine rings is 1. The normalized spacial score (nSPS) is 11.3. The summed E-state index contributed by atoms with van der Waals surface area (Å²) in [6, 6.07) is 17.7. The first-order chi connectivity index (χ1) is 15.3. The fourth-order valence-electron chi connectivity index (χ4n) is 3.12. The van der Waals surface area contributed by atoms with E-state index in [0.29, 0.717) is 16.8 Å². The van der Waals surface area contributed by atoms with Crippen molar-refractivity contribution in [2.45, 2.75) is 10.9 Å². The van der Waals surface area contributed by atoms with Gasteiger partial charge in [-0.05, 0) is 70.6 Å². The van der Waals surface area contributed by atoms with Crippen molar-refractivity contribution in [2.24, 2.45) is 7.05 Å². The molecule has 32 heavy (non-hydrogen) atoms. The van der Waals surface area contributed by atoms with Gasteiger partial charge in [0.05, 0.1) is 11.4 Å². The Labute approximate surface area is 198 Å². The summed E-state index contributed by atoms with van der Waals surface area (Å²) in [5.41, 5.74) is 3.36. The predicted octanol–water partition coefficient (Wildman–Crippen LogP) is 3.71. The van der Waals surface area contributed by atoms with Gasteiger partial charge in [-0.15, -0.1) is 10.2 Å². The molecule has 10 heteroatoms. The molecule has 2 heterocycles. The van der Waals surface area contributed by atoms with Crippen LogP contribution in [0.15, 0.2) is 78.3 Å². The lowest BCUT2D eigenvalue weighted by molar-refractivity contribution is 0.102. The molecule has 1 amide bonds. The van der Waals surface area contributed by atoms with Crippen molar-refractivity contribution in [1.29, 1.82) is 0 Å². The number of carbonyl (C=O) groups excluding carboxylic acids is 1. The number of amides is 1. The third kappa shape index (κ3) is 4.86. The Morgan fingerprint density at radius 3 is 2.53 bits per heavy atom. The van der Waals surface area contributed by atoms with E-state index in [1.54, 1.807) is 37.5 Å². The van der Waals surface area contributed by atoms with Gasteiger partial charge in [0.1, 0.15) is 6.33 Å². The number of halogens is 1. The Bertz CT molecular complexity index is 1370. The molecular formula is C22H18IN5O3S. The molecule has 0 fully saturated rings. The molecule has 2 aromatic heterocycles. The molecule has 2 aromatic carbocycles. The van der Waals surface area contributed by atoms with Crippen molar-refractivity contribution in [3.05, 3.63) is 87.9 Å². The van der Waals surface area contributed by atoms with Crippen LogP contribution in [0, 0.1) is 3.57 Å². The largest absolute Gasteiger partial charge is 0.322 e. The molecule has 0 saturated carbocycles. The predicted molar refractivity (Wildman–Crippen MR) is 129 cm³/mol. The monoisotopic (exact) mass is 559 g/mol. The molecular weight excluding hydrogens is 541 g/mol. The van der Waals surface area contributed by atoms with Crippen LogP contribution in [0.2, 0.25) is 0 Å². The van der Waals surface area contributed by atoms with E-state index in [2.05, 4.69) is 43.1 Å². The average Bonchev–Trinajstić information content (AvgIpc) is 3.23. The maximum absolute atomic E-state index is 12.7. The number of nitrogens with zero attached hydrogens (tertiary/aromatic N) is 4. The maximum atomic E-state index is 12.7. The minimum Gasteiger partial charge on any atom is -0.322 e. The van der Waals surface area contributed by atoms with Crippen molar-refractivity contribution in [3.8, 4) is 11.3 Å². The third-order valence-corrected chi connectivity index (χ3v) is 7.27. The number of hydrogen-bond acceptors (Lipinski definition) is 6. The molecule has 0 aliphatic heterocycles. The van der Waals surface area contributed by atoms with Crippen molar-refractivity contribution >= 4 is 44.0 Å². The zero-order valence-corrected chi connectivity index (χ0v) is 19.9. The fraction of sp³-hybridized carbons (Fsp3) is 0.0909. The molecule has 0 unspecified atom stereocenters. The van der Waals surface area contributed by atoms with Gasteiger partial charge < -0.3 is 9.88 Å². The summed E-state index contributed by atoms with van der Waals surface area (Å²) < 4.78 is 27.4. The number of aromatic nitrogens is 4. The summed E-state index contributed by atoms with van der Waals surface area (Å²) in [5.74, 6) is -0.521. The van der Waals surface area contributed by atoms with Gasteiger partial charge >= 0.3 is 0 Å². The SMILES string of the molecule is Cn1cnnc1S(=O)(=O)Cc1ccc(C(=O)Nc2ccc(I)c(-c3ccccn3)c2)cc1. The van der Waals surface area contributed by atoms with Crippen molar-refractivity contribution in [3.63, 3.8) is 0 Å². The van der Waals surface area contributed by atoms with Gasteiger partial charge in [0.15, 0.2) is 0 Å². The summed E-state index contributed by atoms with van der Waals surface area (Å²) in [7, 11) is -2.06. The molecule has 4 rings (SSSR count). The molecule has 0 bridgehead atoms. The van der Waals surface area contributed by atoms with E-state index in [9.17, 15) is 13.2 Å². The molecule has 4 aromatic rings. The minimum absolute atomic E-state index is 0.0956. The van der Waals surface area contributed by atoms with Crippen molar-refractivity contribution < 1.29 is 13.2 Å². The van der Waals surface area contributed by atoms with Crippen LogP contribution in [0.25, 0.3) is 11.3 Å². The van der Waals surface area contributed by atoms with Crippen LogP contribution in [0.1, 0.15) is 15.9 Å². The number of aryl methyl sites for hydroxylation is 1. The zero-order chi connectivity index (χ0) is 22.7. The first-order valence-electron chi connectivity index (χ1n) is 9.51. The number of sulfone groups is 1. The molecule has 0 atom stereocenters. The summed E-state index contributed by atoms with van der Waals surface area (Å²) in [4.78, 5) is 17.1. The lowest BCUT2D eigenvalue weighted by Crippen LogP contribution is -2.13. The summed E-state index contributed by atoms with van der Waals surface area (Å²) in [6.07, 6.45) is 3.06. The molecule has 0 saturated heterocycles. The van der Waals surface area contributed by atoms with Crippen molar-refractivity contribution in [2.75, 3.05) is 5.32 Å². The van der Waals surface area contributed by atoms with Gasteiger partial charge in [-0.1, -0.05) is 18.2 Å². The summed E-state index contributed by atoms with van der Waals surface area (Å²) >= 11 is 2.23. The van der Waals surface area contributed by atoms with Crippen LogP contribution < -0.4 is 5.32 Å². The molecule has 8 nitrogen and oxygen atoms in total. The summed E-state index contributed by atoms with van der Waals surface area (Å²) in [5, 5.41) is 10.1. The lowest BCUT2D eigenvalue weighted by Gasteiger charge is -2.10. The average molecular weight is 559 g/mol. The Kier molecular flexibility index (Phi) is 6.33. The highest BCUT2D eigenvalue weighted by Crippen LogP contribution is 2.27. The smallest absolute Gasteiger partial charge is 0.255 e. The van der Waals surface area contributed by atoms with E-state index < -0.39 is 9.84 Å². The molecule has 0 aliphatic rings. The Hall–Kier alpha value is -3.12. The minimum atomic E-state index is -3.64. The zero-order valence-electron chi connectivity index (χ0n) is 16.9. The molecule has 1 N–H and O–H groups in total. The van der Waals surface area contributed by atoms with Gasteiger partial charge in [-0.2, -0.15) is 0 Å². The van der Waals surface area contributed by atoms with Crippen LogP contribution in [0.4, 0.5) is 5.69 Å². The maximum Gasteiger partial charge on any atom is 0.255 e. The van der Waals surface area contributed by atoms with Crippen LogP contribution in [-0.4, -0.2) is 34.1 Å². The lowest BCUT2D eigenvalue weighted by atomic mass is 10.1. The Morgan fingerprint density at radius 2 is 1.88 bits per heavy atom. The second-order valence-corrected chi connectivity index (χ2v) is 10.1. The topological polar surface area (TPSA) is 107 Å². The Balaban J connectivity index is 1.49. The van der Waals surface area contributed by atoms with Crippen LogP contribution in [-0.2, 0) is 22.6 Å². The number of benzene rings is 2.